The molecule has 0 amide bonds. The lowest BCUT2D eigenvalue weighted by atomic mass is 10.4. The normalized spacial score (nSPS) is 10.6. The molecule has 3 aromatic rings. The van der Waals surface area contributed by atoms with Crippen LogP contribution in [0.3, 0.4) is 0 Å². The van der Waals surface area contributed by atoms with Gasteiger partial charge in [-0.1, -0.05) is 6.07 Å². The van der Waals surface area contributed by atoms with E-state index in [0.717, 1.165) is 27.2 Å². The summed E-state index contributed by atoms with van der Waals surface area (Å²) in [5, 5.41) is 11.1. The molecule has 0 saturated heterocycles. The van der Waals surface area contributed by atoms with Gasteiger partial charge >= 0.3 is 0 Å². The van der Waals surface area contributed by atoms with Crippen molar-refractivity contribution < 1.29 is 4.74 Å². The predicted molar refractivity (Wildman–Crippen MR) is 69.6 cm³/mol. The summed E-state index contributed by atoms with van der Waals surface area (Å²) >= 11 is 3.21. The molecular formula is C11H9N3OS2. The van der Waals surface area contributed by atoms with Gasteiger partial charge in [-0.2, -0.15) is 5.10 Å². The first kappa shape index (κ1) is 10.5. The number of ether oxygens (including phenoxy) is 1. The van der Waals surface area contributed by atoms with Crippen LogP contribution in [0, 0.1) is 0 Å². The van der Waals surface area contributed by atoms with Gasteiger partial charge in [0.05, 0.1) is 12.0 Å². The number of thiophene rings is 2. The van der Waals surface area contributed by atoms with Gasteiger partial charge in [0, 0.05) is 0 Å². The third-order valence-electron chi connectivity index (χ3n) is 2.29. The highest BCUT2D eigenvalue weighted by Gasteiger charge is 2.13. The van der Waals surface area contributed by atoms with Crippen LogP contribution in [0.25, 0.3) is 21.4 Å². The Morgan fingerprint density at radius 3 is 2.94 bits per heavy atom. The molecular weight excluding hydrogens is 254 g/mol. The fourth-order valence-corrected chi connectivity index (χ4v) is 2.97. The van der Waals surface area contributed by atoms with Crippen LogP contribution < -0.4 is 4.74 Å². The van der Waals surface area contributed by atoms with Gasteiger partial charge in [-0.15, -0.1) is 22.7 Å². The van der Waals surface area contributed by atoms with Gasteiger partial charge in [-0.25, -0.2) is 4.98 Å². The van der Waals surface area contributed by atoms with Gasteiger partial charge in [0.15, 0.2) is 11.6 Å². The van der Waals surface area contributed by atoms with Crippen LogP contribution in [0.4, 0.5) is 0 Å². The Morgan fingerprint density at radius 1 is 1.24 bits per heavy atom. The Morgan fingerprint density at radius 2 is 2.18 bits per heavy atom. The lowest BCUT2D eigenvalue weighted by Gasteiger charge is -1.97. The molecule has 3 rings (SSSR count). The molecule has 3 aromatic heterocycles. The maximum Gasteiger partial charge on any atom is 0.191 e. The van der Waals surface area contributed by atoms with E-state index in [2.05, 4.69) is 15.2 Å². The summed E-state index contributed by atoms with van der Waals surface area (Å²) in [4.78, 5) is 6.51. The van der Waals surface area contributed by atoms with Gasteiger partial charge in [0.25, 0.3) is 0 Å². The van der Waals surface area contributed by atoms with E-state index >= 15 is 0 Å². The highest BCUT2D eigenvalue weighted by Crippen LogP contribution is 2.34. The second-order valence-electron chi connectivity index (χ2n) is 3.30. The Bertz CT molecular complexity index is 612. The minimum absolute atomic E-state index is 0.727. The standard InChI is InChI=1S/C11H9N3OS2/c1-15-7-4-6-17-9(7)11-12-10(13-14-11)8-3-2-5-16-8/h2-6H,1H3,(H,12,13,14). The zero-order valence-corrected chi connectivity index (χ0v) is 10.6. The molecule has 0 unspecified atom stereocenters. The number of rotatable bonds is 3. The highest BCUT2D eigenvalue weighted by atomic mass is 32.1. The van der Waals surface area contributed by atoms with Crippen LogP contribution in [-0.4, -0.2) is 22.3 Å². The third-order valence-corrected chi connectivity index (χ3v) is 4.06. The summed E-state index contributed by atoms with van der Waals surface area (Å²) in [5.41, 5.74) is 0. The average molecular weight is 263 g/mol. The molecule has 3 heterocycles. The Kier molecular flexibility index (Phi) is 2.66. The molecule has 86 valence electrons. The zero-order chi connectivity index (χ0) is 11.7. The molecule has 6 heteroatoms. The van der Waals surface area contributed by atoms with Gasteiger partial charge < -0.3 is 4.74 Å². The maximum atomic E-state index is 5.26. The fraction of sp³-hybridized carbons (Fsp3) is 0.0909. The molecule has 0 atom stereocenters. The molecule has 0 bridgehead atoms. The molecule has 0 saturated carbocycles. The molecule has 1 N–H and O–H groups in total. The van der Waals surface area contributed by atoms with Crippen LogP contribution in [-0.2, 0) is 0 Å². The summed E-state index contributed by atoms with van der Waals surface area (Å²) in [6.07, 6.45) is 0. The molecule has 0 radical (unpaired) electrons. The quantitative estimate of drug-likeness (QED) is 0.789. The number of hydrogen-bond acceptors (Lipinski definition) is 5. The van der Waals surface area contributed by atoms with E-state index in [0.29, 0.717) is 0 Å². The van der Waals surface area contributed by atoms with Crippen molar-refractivity contribution in [1.82, 2.24) is 15.2 Å². The van der Waals surface area contributed by atoms with E-state index in [1.807, 2.05) is 29.0 Å². The first-order valence-corrected chi connectivity index (χ1v) is 6.72. The maximum absolute atomic E-state index is 5.26. The SMILES string of the molecule is COc1ccsc1-c1nc(-c2cccs2)n[nH]1. The van der Waals surface area contributed by atoms with Crippen molar-refractivity contribution in [3.8, 4) is 27.2 Å². The Hall–Kier alpha value is -1.66. The number of aromatic amines is 1. The summed E-state index contributed by atoms with van der Waals surface area (Å²) in [7, 11) is 1.65. The van der Waals surface area contributed by atoms with Crippen LogP contribution in [0.1, 0.15) is 0 Å². The van der Waals surface area contributed by atoms with Gasteiger partial charge in [0.2, 0.25) is 0 Å². The van der Waals surface area contributed by atoms with Crippen molar-refractivity contribution in [2.75, 3.05) is 7.11 Å². The summed E-state index contributed by atoms with van der Waals surface area (Å²) < 4.78 is 5.26. The largest absolute Gasteiger partial charge is 0.495 e. The minimum Gasteiger partial charge on any atom is -0.495 e. The fourth-order valence-electron chi connectivity index (χ4n) is 1.51. The summed E-state index contributed by atoms with van der Waals surface area (Å²) in [5.74, 6) is 2.30. The summed E-state index contributed by atoms with van der Waals surface area (Å²) in [6, 6.07) is 5.92. The van der Waals surface area contributed by atoms with Crippen LogP contribution >= 0.6 is 22.7 Å². The van der Waals surface area contributed by atoms with E-state index in [-0.39, 0.29) is 0 Å². The molecule has 17 heavy (non-hydrogen) atoms. The average Bonchev–Trinajstić information content (AvgIpc) is 3.09. The van der Waals surface area contributed by atoms with Crippen molar-refractivity contribution in [2.45, 2.75) is 0 Å². The number of nitrogens with one attached hydrogen (secondary N) is 1. The van der Waals surface area contributed by atoms with Crippen molar-refractivity contribution in [3.63, 3.8) is 0 Å². The van der Waals surface area contributed by atoms with Crippen molar-refractivity contribution in [1.29, 1.82) is 0 Å². The smallest absolute Gasteiger partial charge is 0.191 e. The van der Waals surface area contributed by atoms with Gasteiger partial charge in [-0.3, -0.25) is 5.10 Å². The van der Waals surface area contributed by atoms with E-state index in [9.17, 15) is 0 Å². The second kappa shape index (κ2) is 4.31. The van der Waals surface area contributed by atoms with Crippen molar-refractivity contribution in [3.05, 3.63) is 29.0 Å². The first-order valence-electron chi connectivity index (χ1n) is 4.96. The van der Waals surface area contributed by atoms with E-state index in [4.69, 9.17) is 4.74 Å². The monoisotopic (exact) mass is 263 g/mol. The first-order chi connectivity index (χ1) is 8.38. The van der Waals surface area contributed by atoms with Crippen LogP contribution in [0.2, 0.25) is 0 Å². The Balaban J connectivity index is 2.01. The lowest BCUT2D eigenvalue weighted by Crippen LogP contribution is -1.83. The van der Waals surface area contributed by atoms with E-state index < -0.39 is 0 Å². The molecule has 0 aliphatic carbocycles. The van der Waals surface area contributed by atoms with Crippen molar-refractivity contribution >= 4 is 22.7 Å². The molecule has 4 nitrogen and oxygen atoms in total. The number of nitrogens with zero attached hydrogens (tertiary/aromatic N) is 2. The number of methoxy groups -OCH3 is 1. The highest BCUT2D eigenvalue weighted by molar-refractivity contribution is 7.14. The number of aromatic nitrogens is 3. The topological polar surface area (TPSA) is 50.8 Å². The second-order valence-corrected chi connectivity index (χ2v) is 5.17. The van der Waals surface area contributed by atoms with E-state index in [1.165, 1.54) is 0 Å². The predicted octanol–water partition coefficient (Wildman–Crippen LogP) is 3.27. The van der Waals surface area contributed by atoms with Crippen LogP contribution in [0.5, 0.6) is 5.75 Å². The van der Waals surface area contributed by atoms with E-state index in [1.54, 1.807) is 29.8 Å². The lowest BCUT2D eigenvalue weighted by molar-refractivity contribution is 0.418. The molecule has 0 aliphatic rings. The Labute approximate surface area is 106 Å². The molecule has 0 fully saturated rings. The third kappa shape index (κ3) is 1.85. The van der Waals surface area contributed by atoms with Crippen molar-refractivity contribution in [2.24, 2.45) is 0 Å². The summed E-state index contributed by atoms with van der Waals surface area (Å²) in [6.45, 7) is 0. The molecule has 0 aliphatic heterocycles. The minimum atomic E-state index is 0.727. The number of H-pyrrole nitrogens is 1. The van der Waals surface area contributed by atoms with Crippen LogP contribution in [0.15, 0.2) is 29.0 Å². The van der Waals surface area contributed by atoms with Gasteiger partial charge in [-0.05, 0) is 22.9 Å². The molecule has 0 aromatic carbocycles. The molecule has 0 spiro atoms. The zero-order valence-electron chi connectivity index (χ0n) is 9.01. The number of hydrogen-bond donors (Lipinski definition) is 1. The van der Waals surface area contributed by atoms with Gasteiger partial charge in [0.1, 0.15) is 10.6 Å².